The fourth-order valence-electron chi connectivity index (χ4n) is 11.0. The van der Waals surface area contributed by atoms with E-state index in [9.17, 15) is 0 Å². The molecule has 0 saturated carbocycles. The molecule has 0 saturated heterocycles. The summed E-state index contributed by atoms with van der Waals surface area (Å²) in [6.07, 6.45) is 14.1. The summed E-state index contributed by atoms with van der Waals surface area (Å²) in [5.74, 6) is 1.36. The maximum Gasteiger partial charge on any atom is 0.160 e. The number of fused-ring (bicyclic) bond motifs is 13. The predicted octanol–water partition coefficient (Wildman–Crippen LogP) is 15.6. The second-order valence-corrected chi connectivity index (χ2v) is 20.2. The molecular weight excluding hydrogens is 771 g/mol. The lowest BCUT2D eigenvalue weighted by atomic mass is 9.63. The fourth-order valence-corrected chi connectivity index (χ4v) is 12.2. The van der Waals surface area contributed by atoms with Gasteiger partial charge in [-0.25, -0.2) is 9.97 Å². The lowest BCUT2D eigenvalue weighted by molar-refractivity contribution is 0.332. The first-order valence-electron chi connectivity index (χ1n) is 22.1. The topological polar surface area (TPSA) is 30.7 Å². The summed E-state index contributed by atoms with van der Waals surface area (Å²) >= 11 is 1.80. The zero-order valence-corrected chi connectivity index (χ0v) is 36.2. The van der Waals surface area contributed by atoms with E-state index in [1.165, 1.54) is 94.2 Å². The monoisotopic (exact) mass is 815 g/mol. The van der Waals surface area contributed by atoms with Crippen LogP contribution in [0.25, 0.3) is 92.4 Å². The Hall–Kier alpha value is -6.62. The predicted molar refractivity (Wildman–Crippen MR) is 264 cm³/mol. The van der Waals surface area contributed by atoms with E-state index in [1.54, 1.807) is 11.3 Å². The largest absolute Gasteiger partial charge is 0.309 e. The van der Waals surface area contributed by atoms with Crippen LogP contribution >= 0.6 is 11.3 Å². The van der Waals surface area contributed by atoms with Crippen molar-refractivity contribution < 1.29 is 0 Å². The molecule has 0 bridgehead atoms. The van der Waals surface area contributed by atoms with Crippen LogP contribution in [0.3, 0.4) is 0 Å². The summed E-state index contributed by atoms with van der Waals surface area (Å²) in [7, 11) is 0. The Balaban J connectivity index is 0.980. The van der Waals surface area contributed by atoms with Gasteiger partial charge in [-0.3, -0.25) is 0 Å². The molecule has 298 valence electrons. The molecule has 0 N–H and O–H groups in total. The Morgan fingerprint density at radius 3 is 2.23 bits per heavy atom. The molecule has 10 aromatic rings. The van der Waals surface area contributed by atoms with E-state index in [1.807, 2.05) is 0 Å². The fraction of sp³-hybridized carbons (Fsp3) is 0.172. The average molecular weight is 816 g/mol. The van der Waals surface area contributed by atoms with E-state index in [0.29, 0.717) is 5.92 Å². The van der Waals surface area contributed by atoms with Crippen molar-refractivity contribution in [2.24, 2.45) is 5.92 Å². The van der Waals surface area contributed by atoms with Gasteiger partial charge < -0.3 is 4.57 Å². The van der Waals surface area contributed by atoms with Gasteiger partial charge in [-0.2, -0.15) is 0 Å². The zero-order valence-electron chi connectivity index (χ0n) is 35.4. The van der Waals surface area contributed by atoms with E-state index in [4.69, 9.17) is 9.97 Å². The number of rotatable bonds is 3. The molecule has 0 fully saturated rings. The van der Waals surface area contributed by atoms with Gasteiger partial charge in [-0.1, -0.05) is 155 Å². The summed E-state index contributed by atoms with van der Waals surface area (Å²) < 4.78 is 4.91. The van der Waals surface area contributed by atoms with Gasteiger partial charge in [0.05, 0.1) is 26.9 Å². The maximum atomic E-state index is 5.46. The first-order valence-corrected chi connectivity index (χ1v) is 22.9. The number of thiophene rings is 1. The third-order valence-electron chi connectivity index (χ3n) is 14.6. The van der Waals surface area contributed by atoms with Crippen molar-refractivity contribution >= 4 is 86.6 Å². The van der Waals surface area contributed by atoms with Crippen LogP contribution in [0.1, 0.15) is 74.4 Å². The Morgan fingerprint density at radius 1 is 0.613 bits per heavy atom. The molecular formula is C58H45N3S. The van der Waals surface area contributed by atoms with E-state index in [-0.39, 0.29) is 16.7 Å². The molecule has 2 unspecified atom stereocenters. The van der Waals surface area contributed by atoms with Crippen LogP contribution in [0.5, 0.6) is 0 Å². The maximum absolute atomic E-state index is 5.46. The van der Waals surface area contributed by atoms with Crippen molar-refractivity contribution in [3.05, 3.63) is 186 Å². The van der Waals surface area contributed by atoms with Crippen LogP contribution in [-0.4, -0.2) is 14.5 Å². The first-order chi connectivity index (χ1) is 30.2. The van der Waals surface area contributed by atoms with Gasteiger partial charge in [-0.15, -0.1) is 11.3 Å². The quantitative estimate of drug-likeness (QED) is 0.178. The van der Waals surface area contributed by atoms with Crippen molar-refractivity contribution in [3.8, 4) is 17.1 Å². The first kappa shape index (κ1) is 36.1. The molecule has 4 heteroatoms. The Kier molecular flexibility index (Phi) is 7.54. The molecule has 3 nitrogen and oxygen atoms in total. The van der Waals surface area contributed by atoms with Crippen LogP contribution in [0.4, 0.5) is 0 Å². The molecule has 0 radical (unpaired) electrons. The lowest BCUT2D eigenvalue weighted by Crippen LogP contribution is -2.33. The van der Waals surface area contributed by atoms with Gasteiger partial charge in [0.1, 0.15) is 0 Å². The zero-order chi connectivity index (χ0) is 41.5. The third kappa shape index (κ3) is 5.29. The minimum Gasteiger partial charge on any atom is -0.309 e. The van der Waals surface area contributed by atoms with Gasteiger partial charge in [0.2, 0.25) is 0 Å². The van der Waals surface area contributed by atoms with Gasteiger partial charge >= 0.3 is 0 Å². The van der Waals surface area contributed by atoms with Gasteiger partial charge in [-0.05, 0) is 104 Å². The second-order valence-electron chi connectivity index (χ2n) is 19.2. The molecule has 2 atom stereocenters. The minimum atomic E-state index is 0.104. The molecule has 3 aromatic heterocycles. The summed E-state index contributed by atoms with van der Waals surface area (Å²) in [6, 6.07) is 49.8. The van der Waals surface area contributed by atoms with E-state index < -0.39 is 0 Å². The Morgan fingerprint density at radius 2 is 1.34 bits per heavy atom. The number of hydrogen-bond acceptors (Lipinski definition) is 3. The van der Waals surface area contributed by atoms with Crippen LogP contribution < -0.4 is 0 Å². The van der Waals surface area contributed by atoms with E-state index in [2.05, 4.69) is 196 Å². The number of aromatic nitrogens is 3. The third-order valence-corrected chi connectivity index (χ3v) is 15.7. The van der Waals surface area contributed by atoms with Crippen LogP contribution in [0, 0.1) is 5.92 Å². The van der Waals surface area contributed by atoms with Crippen molar-refractivity contribution in [3.63, 3.8) is 0 Å². The molecule has 0 amide bonds. The van der Waals surface area contributed by atoms with Crippen molar-refractivity contribution in [2.45, 2.75) is 57.3 Å². The molecule has 0 spiro atoms. The van der Waals surface area contributed by atoms with Gasteiger partial charge in [0.15, 0.2) is 5.82 Å². The highest BCUT2D eigenvalue weighted by atomic mass is 32.1. The van der Waals surface area contributed by atoms with E-state index in [0.717, 1.165) is 32.9 Å². The molecule has 0 aliphatic heterocycles. The summed E-state index contributed by atoms with van der Waals surface area (Å²) in [4.78, 5) is 10.8. The van der Waals surface area contributed by atoms with Crippen LogP contribution in [0.15, 0.2) is 158 Å². The van der Waals surface area contributed by atoms with Gasteiger partial charge in [0, 0.05) is 49.3 Å². The molecule has 3 heterocycles. The summed E-state index contributed by atoms with van der Waals surface area (Å²) in [5, 5.41) is 8.72. The SMILES string of the molecule is CC1(C)CCC(C)(C)c2cc3c(cc21)c1ccc2ccccc2c1n3-c1ccc2cc(-c3nc(C4=CC5c6ccccc6C=CC5C=C4)c4sc5ccccc5c4n3)ccc2c1. The van der Waals surface area contributed by atoms with E-state index >= 15 is 0 Å². The minimum absolute atomic E-state index is 0.104. The van der Waals surface area contributed by atoms with Crippen LogP contribution in [0.2, 0.25) is 0 Å². The van der Waals surface area contributed by atoms with Crippen molar-refractivity contribution in [1.29, 1.82) is 0 Å². The smallest absolute Gasteiger partial charge is 0.160 e. The number of nitrogens with zero attached hydrogens (tertiary/aromatic N) is 3. The molecule has 3 aliphatic carbocycles. The number of hydrogen-bond donors (Lipinski definition) is 0. The van der Waals surface area contributed by atoms with Crippen molar-refractivity contribution in [2.75, 3.05) is 0 Å². The number of allylic oxidation sites excluding steroid dienone is 5. The molecule has 62 heavy (non-hydrogen) atoms. The standard InChI is InChI=1S/C58H45N3S/c1-57(2)27-28-58(3,4)49-33-50-47(32-48(49)57)44-26-24-35-12-6-8-14-43(35)54(44)61(50)41-25-23-37-29-40(22-20-38(37)30-41)56-59-52(55-53(60-56)45-15-9-10-16-51(45)62-55)39-21-19-36-18-17-34-11-5-7-13-42(34)46(36)31-39/h5-26,29-33,36,46H,27-28H2,1-4H3. The lowest BCUT2D eigenvalue weighted by Gasteiger charge is -2.42. The summed E-state index contributed by atoms with van der Waals surface area (Å²) in [6.45, 7) is 9.72. The normalized spacial score (nSPS) is 18.7. The van der Waals surface area contributed by atoms with Gasteiger partial charge in [0.25, 0.3) is 0 Å². The van der Waals surface area contributed by atoms with Crippen molar-refractivity contribution in [1.82, 2.24) is 14.5 Å². The highest BCUT2D eigenvalue weighted by molar-refractivity contribution is 7.26. The molecule has 13 rings (SSSR count). The molecule has 3 aliphatic rings. The average Bonchev–Trinajstić information content (AvgIpc) is 3.85. The highest BCUT2D eigenvalue weighted by Crippen LogP contribution is 2.50. The Labute approximate surface area is 365 Å². The highest BCUT2D eigenvalue weighted by Gasteiger charge is 2.38. The number of benzene rings is 7. The Bertz CT molecular complexity index is 3660. The molecule has 7 aromatic carbocycles. The van der Waals surface area contributed by atoms with Crippen LogP contribution in [-0.2, 0) is 10.8 Å². The second kappa shape index (κ2) is 13.0. The summed E-state index contributed by atoms with van der Waals surface area (Å²) in [5.41, 5.74) is 13.8.